The molecule has 0 bridgehead atoms. The van der Waals surface area contributed by atoms with Crippen LogP contribution in [0, 0.1) is 17.8 Å². The zero-order valence-corrected chi connectivity index (χ0v) is 10.8. The number of hydrogen-bond donors (Lipinski definition) is 3. The van der Waals surface area contributed by atoms with E-state index < -0.39 is 0 Å². The third-order valence-corrected chi connectivity index (χ3v) is 4.48. The van der Waals surface area contributed by atoms with E-state index in [9.17, 15) is 4.79 Å². The molecule has 1 amide bonds. The Labute approximate surface area is 108 Å². The van der Waals surface area contributed by atoms with Crippen LogP contribution in [-0.2, 0) is 4.79 Å². The van der Waals surface area contributed by atoms with E-state index in [0.29, 0.717) is 0 Å². The molecule has 2 rings (SSSR count). The van der Waals surface area contributed by atoms with Crippen molar-refractivity contribution in [2.45, 2.75) is 44.9 Å². The standard InChI is InChI=1S/C13H23N3O2/c14-12(16-18)8-15-13(17)11-6-5-9-3-1-2-4-10(9)7-11/h9-11,18H,1-8H2,(H2,14,16)(H,15,17). The summed E-state index contributed by atoms with van der Waals surface area (Å²) in [7, 11) is 0. The molecule has 0 spiro atoms. The van der Waals surface area contributed by atoms with Crippen molar-refractivity contribution in [3.8, 4) is 0 Å². The summed E-state index contributed by atoms with van der Waals surface area (Å²) in [5.41, 5.74) is 5.34. The molecule has 0 aromatic heterocycles. The van der Waals surface area contributed by atoms with Crippen molar-refractivity contribution >= 4 is 11.7 Å². The van der Waals surface area contributed by atoms with Crippen LogP contribution in [0.25, 0.3) is 0 Å². The lowest BCUT2D eigenvalue weighted by Gasteiger charge is -2.38. The topological polar surface area (TPSA) is 87.7 Å². The molecule has 0 aromatic carbocycles. The molecule has 2 fully saturated rings. The number of oxime groups is 1. The molecule has 3 atom stereocenters. The van der Waals surface area contributed by atoms with E-state index in [-0.39, 0.29) is 24.2 Å². The SMILES string of the molecule is NC(CNC(=O)C1CCC2CCCCC2C1)=NO. The van der Waals surface area contributed by atoms with Crippen molar-refractivity contribution in [2.75, 3.05) is 6.54 Å². The van der Waals surface area contributed by atoms with Gasteiger partial charge in [-0.25, -0.2) is 0 Å². The number of nitrogens with one attached hydrogen (secondary N) is 1. The molecule has 2 saturated carbocycles. The number of rotatable bonds is 3. The maximum atomic E-state index is 12.0. The van der Waals surface area contributed by atoms with E-state index >= 15 is 0 Å². The Bertz CT molecular complexity index is 330. The molecule has 5 heteroatoms. The highest BCUT2D eigenvalue weighted by Crippen LogP contribution is 2.42. The van der Waals surface area contributed by atoms with Crippen LogP contribution < -0.4 is 11.1 Å². The smallest absolute Gasteiger partial charge is 0.223 e. The minimum atomic E-state index is 0.0507. The van der Waals surface area contributed by atoms with Crippen LogP contribution in [0.4, 0.5) is 0 Å². The molecule has 0 radical (unpaired) electrons. The van der Waals surface area contributed by atoms with E-state index in [0.717, 1.165) is 24.7 Å². The summed E-state index contributed by atoms with van der Waals surface area (Å²) in [6.45, 7) is 0.139. The van der Waals surface area contributed by atoms with E-state index in [1.165, 1.54) is 32.1 Å². The lowest BCUT2D eigenvalue weighted by Crippen LogP contribution is -2.40. The minimum absolute atomic E-state index is 0.0507. The number of nitrogens with two attached hydrogens (primary N) is 1. The van der Waals surface area contributed by atoms with Crippen molar-refractivity contribution in [3.63, 3.8) is 0 Å². The Kier molecular flexibility index (Phi) is 4.44. The highest BCUT2D eigenvalue weighted by molar-refractivity contribution is 5.87. The Balaban J connectivity index is 1.81. The number of carbonyl (C=O) groups excluding carboxylic acids is 1. The second-order valence-corrected chi connectivity index (χ2v) is 5.62. The molecule has 0 aromatic rings. The van der Waals surface area contributed by atoms with E-state index in [4.69, 9.17) is 10.9 Å². The predicted octanol–water partition coefficient (Wildman–Crippen LogP) is 1.46. The van der Waals surface area contributed by atoms with Crippen LogP contribution in [0.3, 0.4) is 0 Å². The Morgan fingerprint density at radius 1 is 1.22 bits per heavy atom. The van der Waals surface area contributed by atoms with Gasteiger partial charge in [0.05, 0.1) is 6.54 Å². The molecule has 18 heavy (non-hydrogen) atoms. The second-order valence-electron chi connectivity index (χ2n) is 5.62. The van der Waals surface area contributed by atoms with E-state index in [2.05, 4.69) is 10.5 Å². The molecule has 4 N–H and O–H groups in total. The quantitative estimate of drug-likeness (QED) is 0.308. The van der Waals surface area contributed by atoms with Crippen LogP contribution in [0.15, 0.2) is 5.16 Å². The van der Waals surface area contributed by atoms with Crippen LogP contribution in [-0.4, -0.2) is 23.5 Å². The maximum absolute atomic E-state index is 12.0. The van der Waals surface area contributed by atoms with Crippen LogP contribution in [0.1, 0.15) is 44.9 Å². The van der Waals surface area contributed by atoms with Gasteiger partial charge in [-0.2, -0.15) is 0 Å². The summed E-state index contributed by atoms with van der Waals surface area (Å²) < 4.78 is 0. The van der Waals surface area contributed by atoms with Crippen LogP contribution >= 0.6 is 0 Å². The Morgan fingerprint density at radius 2 is 1.94 bits per heavy atom. The fourth-order valence-corrected chi connectivity index (χ4v) is 3.47. The van der Waals surface area contributed by atoms with Gasteiger partial charge in [-0.1, -0.05) is 30.8 Å². The summed E-state index contributed by atoms with van der Waals surface area (Å²) in [6, 6.07) is 0. The van der Waals surface area contributed by atoms with Gasteiger partial charge < -0.3 is 16.3 Å². The molecule has 3 unspecified atom stereocenters. The van der Waals surface area contributed by atoms with E-state index in [1.807, 2.05) is 0 Å². The first-order valence-corrected chi connectivity index (χ1v) is 6.95. The largest absolute Gasteiger partial charge is 0.409 e. The molecular formula is C13H23N3O2. The average Bonchev–Trinajstić information content (AvgIpc) is 2.43. The van der Waals surface area contributed by atoms with Crippen LogP contribution in [0.2, 0.25) is 0 Å². The third-order valence-electron chi connectivity index (χ3n) is 4.48. The monoisotopic (exact) mass is 253 g/mol. The van der Waals surface area contributed by atoms with Gasteiger partial charge in [0.1, 0.15) is 0 Å². The van der Waals surface area contributed by atoms with Crippen molar-refractivity contribution < 1.29 is 10.0 Å². The summed E-state index contributed by atoms with van der Waals surface area (Å²) in [5.74, 6) is 1.83. The molecule has 0 saturated heterocycles. The van der Waals surface area contributed by atoms with Crippen molar-refractivity contribution in [3.05, 3.63) is 0 Å². The third kappa shape index (κ3) is 3.15. The molecule has 2 aliphatic rings. The zero-order valence-electron chi connectivity index (χ0n) is 10.8. The fraction of sp³-hybridized carbons (Fsp3) is 0.846. The second kappa shape index (κ2) is 6.07. The van der Waals surface area contributed by atoms with Gasteiger partial charge in [-0.3, -0.25) is 4.79 Å². The lowest BCUT2D eigenvalue weighted by atomic mass is 9.67. The van der Waals surface area contributed by atoms with Gasteiger partial charge in [0.15, 0.2) is 5.84 Å². The van der Waals surface area contributed by atoms with Gasteiger partial charge in [-0.05, 0) is 31.1 Å². The first-order chi connectivity index (χ1) is 8.70. The normalized spacial score (nSPS) is 32.7. The first-order valence-electron chi connectivity index (χ1n) is 6.95. The number of amides is 1. The highest BCUT2D eigenvalue weighted by Gasteiger charge is 2.34. The predicted molar refractivity (Wildman–Crippen MR) is 69.2 cm³/mol. The molecule has 0 heterocycles. The molecule has 102 valence electrons. The maximum Gasteiger partial charge on any atom is 0.223 e. The highest BCUT2D eigenvalue weighted by atomic mass is 16.4. The minimum Gasteiger partial charge on any atom is -0.409 e. The molecule has 5 nitrogen and oxygen atoms in total. The van der Waals surface area contributed by atoms with Gasteiger partial charge in [-0.15, -0.1) is 0 Å². The Morgan fingerprint density at radius 3 is 2.67 bits per heavy atom. The number of carbonyl (C=O) groups is 1. The van der Waals surface area contributed by atoms with Crippen molar-refractivity contribution in [2.24, 2.45) is 28.6 Å². The van der Waals surface area contributed by atoms with Crippen molar-refractivity contribution in [1.29, 1.82) is 0 Å². The number of amidine groups is 1. The first kappa shape index (κ1) is 13.2. The van der Waals surface area contributed by atoms with Crippen molar-refractivity contribution in [1.82, 2.24) is 5.32 Å². The summed E-state index contributed by atoms with van der Waals surface area (Å²) >= 11 is 0. The zero-order chi connectivity index (χ0) is 13.0. The van der Waals surface area contributed by atoms with Crippen LogP contribution in [0.5, 0.6) is 0 Å². The van der Waals surface area contributed by atoms with Gasteiger partial charge in [0.25, 0.3) is 0 Å². The average molecular weight is 253 g/mol. The lowest BCUT2D eigenvalue weighted by molar-refractivity contribution is -0.126. The number of fused-ring (bicyclic) bond motifs is 1. The van der Waals surface area contributed by atoms with Gasteiger partial charge in [0, 0.05) is 5.92 Å². The summed E-state index contributed by atoms with van der Waals surface area (Å²) in [4.78, 5) is 12.0. The van der Waals surface area contributed by atoms with Gasteiger partial charge >= 0.3 is 0 Å². The van der Waals surface area contributed by atoms with Gasteiger partial charge in [0.2, 0.25) is 5.91 Å². The summed E-state index contributed by atoms with van der Waals surface area (Å²) in [6.07, 6.45) is 8.52. The molecule has 2 aliphatic carbocycles. The fourth-order valence-electron chi connectivity index (χ4n) is 3.47. The number of hydrogen-bond acceptors (Lipinski definition) is 3. The summed E-state index contributed by atoms with van der Waals surface area (Å²) in [5, 5.41) is 14.0. The van der Waals surface area contributed by atoms with E-state index in [1.54, 1.807) is 0 Å². The number of nitrogens with zero attached hydrogens (tertiary/aromatic N) is 1. The molecular weight excluding hydrogens is 230 g/mol. The molecule has 0 aliphatic heterocycles. The Hall–Kier alpha value is -1.26.